The lowest BCUT2D eigenvalue weighted by molar-refractivity contribution is -0.384. The van der Waals surface area contributed by atoms with Gasteiger partial charge in [-0.15, -0.1) is 0 Å². The van der Waals surface area contributed by atoms with Crippen molar-refractivity contribution in [3.63, 3.8) is 0 Å². The predicted octanol–water partition coefficient (Wildman–Crippen LogP) is 9.29. The van der Waals surface area contributed by atoms with E-state index in [1.54, 1.807) is 24.4 Å². The molecule has 2 aliphatic carbocycles. The molecule has 18 heteroatoms. The molecule has 5 aromatic rings. The van der Waals surface area contributed by atoms with E-state index in [-0.39, 0.29) is 64.4 Å². The lowest BCUT2D eigenvalue weighted by Gasteiger charge is -2.56. The normalized spacial score (nSPS) is 25.4. The molecular formula is C55H68N8O9S. The van der Waals surface area contributed by atoms with Crippen molar-refractivity contribution in [2.45, 2.75) is 132 Å². The Balaban J connectivity index is 0.841. The smallest absolute Gasteiger partial charge is 0.297 e. The van der Waals surface area contributed by atoms with Gasteiger partial charge in [-0.2, -0.15) is 4.98 Å². The minimum absolute atomic E-state index is 0.00360. The Morgan fingerprint density at radius 1 is 0.986 bits per heavy atom. The van der Waals surface area contributed by atoms with Gasteiger partial charge < -0.3 is 34.5 Å². The largest absolute Gasteiger partial charge is 0.489 e. The highest BCUT2D eigenvalue weighted by molar-refractivity contribution is 7.90. The van der Waals surface area contributed by atoms with Gasteiger partial charge >= 0.3 is 0 Å². The van der Waals surface area contributed by atoms with Gasteiger partial charge in [-0.05, 0) is 150 Å². The summed E-state index contributed by atoms with van der Waals surface area (Å²) in [5.41, 5.74) is 3.40. The SMILES string of the molecule is CC(C)c1ccccc1[C@H]1CCCN1C1CC2(CCN(c3ccc(C(=O)NS(=O)(=O)c4cc5c(c([N+](=O)[O-])c4)N[C@@H](C4CCC(C)(O)CC4)CO5)c(Oc4cc5cc[nH]c5nc4OC[C@H]4CCN4C)c3)CC2)C1. The Morgan fingerprint density at radius 2 is 1.77 bits per heavy atom. The summed E-state index contributed by atoms with van der Waals surface area (Å²) in [6.45, 7) is 10.6. The zero-order valence-corrected chi connectivity index (χ0v) is 43.1. The number of pyridine rings is 1. The van der Waals surface area contributed by atoms with Crippen LogP contribution in [0.25, 0.3) is 11.0 Å². The van der Waals surface area contributed by atoms with E-state index < -0.39 is 37.0 Å². The van der Waals surface area contributed by atoms with Crippen LogP contribution in [0, 0.1) is 21.4 Å². The van der Waals surface area contributed by atoms with Crippen molar-refractivity contribution in [1.29, 1.82) is 0 Å². The number of piperidine rings is 1. The second kappa shape index (κ2) is 19.4. The summed E-state index contributed by atoms with van der Waals surface area (Å²) < 4.78 is 49.6. The van der Waals surface area contributed by atoms with E-state index in [4.69, 9.17) is 19.2 Å². The van der Waals surface area contributed by atoms with Gasteiger partial charge in [-0.1, -0.05) is 38.1 Å². The number of nitro benzene ring substituents is 1. The second-order valence-corrected chi connectivity index (χ2v) is 24.0. The second-order valence-electron chi connectivity index (χ2n) is 22.4. The fourth-order valence-corrected chi connectivity index (χ4v) is 13.6. The number of likely N-dealkylation sites (tertiary alicyclic amines) is 2. The first-order valence-electron chi connectivity index (χ1n) is 26.3. The molecular weight excluding hydrogens is 949 g/mol. The van der Waals surface area contributed by atoms with Crippen LogP contribution in [0.5, 0.6) is 23.1 Å². The molecule has 4 aliphatic heterocycles. The highest BCUT2D eigenvalue weighted by atomic mass is 32.2. The number of anilines is 2. The molecule has 2 saturated carbocycles. The number of ether oxygens (including phenoxy) is 3. The van der Waals surface area contributed by atoms with Crippen LogP contribution >= 0.6 is 0 Å². The van der Waals surface area contributed by atoms with E-state index in [2.05, 4.69) is 67.8 Å². The number of sulfonamides is 1. The highest BCUT2D eigenvalue weighted by Gasteiger charge is 2.50. The lowest BCUT2D eigenvalue weighted by atomic mass is 9.59. The predicted molar refractivity (Wildman–Crippen MR) is 278 cm³/mol. The minimum Gasteiger partial charge on any atom is -0.489 e. The van der Waals surface area contributed by atoms with E-state index in [9.17, 15) is 28.4 Å². The molecule has 4 N–H and O–H groups in total. The summed E-state index contributed by atoms with van der Waals surface area (Å²) in [6, 6.07) is 20.9. The van der Waals surface area contributed by atoms with E-state index in [1.165, 1.54) is 42.9 Å². The third-order valence-corrected chi connectivity index (χ3v) is 18.5. The van der Waals surface area contributed by atoms with Crippen molar-refractivity contribution in [3.05, 3.63) is 99.7 Å². The summed E-state index contributed by atoms with van der Waals surface area (Å²) in [4.78, 5) is 41.0. The topological polar surface area (TPSA) is 205 Å². The summed E-state index contributed by atoms with van der Waals surface area (Å²) >= 11 is 0. The molecule has 6 aliphatic rings. The number of carbonyl (C=O) groups is 1. The number of nitro groups is 1. The van der Waals surface area contributed by atoms with Crippen LogP contribution < -0.4 is 29.1 Å². The van der Waals surface area contributed by atoms with Crippen molar-refractivity contribution in [1.82, 2.24) is 24.5 Å². The highest BCUT2D eigenvalue weighted by Crippen LogP contribution is 2.55. The summed E-state index contributed by atoms with van der Waals surface area (Å²) in [7, 11) is -2.68. The average Bonchev–Trinajstić information content (AvgIpc) is 4.04. The number of rotatable bonds is 14. The minimum atomic E-state index is -4.71. The van der Waals surface area contributed by atoms with Crippen molar-refractivity contribution >= 4 is 44.0 Å². The van der Waals surface area contributed by atoms with Gasteiger partial charge in [0.15, 0.2) is 17.2 Å². The molecule has 3 aromatic carbocycles. The first-order valence-corrected chi connectivity index (χ1v) is 27.7. The molecule has 0 bridgehead atoms. The molecule has 0 unspecified atom stereocenters. The van der Waals surface area contributed by atoms with Crippen molar-refractivity contribution in [2.24, 2.45) is 11.3 Å². The number of amides is 1. The summed E-state index contributed by atoms with van der Waals surface area (Å²) in [5.74, 6) is 0.157. The van der Waals surface area contributed by atoms with Crippen molar-refractivity contribution < 1.29 is 37.5 Å². The molecule has 5 fully saturated rings. The number of aromatic nitrogens is 2. The molecule has 11 rings (SSSR count). The van der Waals surface area contributed by atoms with E-state index in [0.717, 1.165) is 62.6 Å². The van der Waals surface area contributed by atoms with Gasteiger partial charge in [-0.3, -0.25) is 24.7 Å². The maximum atomic E-state index is 14.5. The third kappa shape index (κ3) is 9.83. The third-order valence-electron chi connectivity index (χ3n) is 17.2. The number of hydrogen-bond acceptors (Lipinski definition) is 14. The Labute approximate surface area is 427 Å². The standard InChI is InChI=1S/C55H68N8O9S/c1-34(2)41-8-5-6-9-42(41)45-10-7-22-62(45)39-30-55(31-39)19-24-61(25-20-55)37-11-12-43(47(27-37)72-49-26-36-15-21-56-51(36)58-53(49)71-32-38-16-23-60(38)4)52(64)59-73(68,69)40-28-46(63(66)67)50-48(29-40)70-33-44(57-50)35-13-17-54(3,65)18-14-35/h5-6,8-9,11-12,15,21,26-29,34-35,38-39,44-45,57,65H,7,10,13-14,16-20,22-25,30-33H2,1-4H3,(H,56,58)(H,59,64)/t35?,38-,44-,45-,54?/m1/s1. The number of likely N-dealkylation sites (N-methyl/N-ethyl adjacent to an activating group) is 1. The zero-order chi connectivity index (χ0) is 50.8. The van der Waals surface area contributed by atoms with Gasteiger partial charge in [0.05, 0.1) is 27.0 Å². The molecule has 0 radical (unpaired) electrons. The molecule has 3 atom stereocenters. The number of benzene rings is 3. The fourth-order valence-electron chi connectivity index (χ4n) is 12.6. The molecule has 6 heterocycles. The molecule has 17 nitrogen and oxygen atoms in total. The molecule has 388 valence electrons. The van der Waals surface area contributed by atoms with Crippen LogP contribution in [0.2, 0.25) is 0 Å². The van der Waals surface area contributed by atoms with Crippen LogP contribution in [0.1, 0.15) is 125 Å². The zero-order valence-electron chi connectivity index (χ0n) is 42.3. The molecule has 2 aromatic heterocycles. The Kier molecular flexibility index (Phi) is 13.1. The van der Waals surface area contributed by atoms with E-state index in [1.807, 2.05) is 26.1 Å². The maximum Gasteiger partial charge on any atom is 0.297 e. The number of carbonyl (C=O) groups excluding carboxylic acids is 1. The van der Waals surface area contributed by atoms with Crippen LogP contribution in [0.3, 0.4) is 0 Å². The molecule has 1 spiro atoms. The number of nitrogens with zero attached hydrogens (tertiary/aromatic N) is 5. The van der Waals surface area contributed by atoms with Gasteiger partial charge in [-0.25, -0.2) is 13.1 Å². The van der Waals surface area contributed by atoms with Gasteiger partial charge in [0.2, 0.25) is 0 Å². The van der Waals surface area contributed by atoms with Crippen LogP contribution in [-0.2, 0) is 10.0 Å². The summed E-state index contributed by atoms with van der Waals surface area (Å²) in [5, 5.41) is 27.0. The first-order chi connectivity index (χ1) is 35.0. The Hall–Kier alpha value is -5.95. The van der Waals surface area contributed by atoms with E-state index in [0.29, 0.717) is 55.9 Å². The lowest BCUT2D eigenvalue weighted by Crippen LogP contribution is -2.54. The van der Waals surface area contributed by atoms with Crippen LogP contribution in [0.4, 0.5) is 17.1 Å². The van der Waals surface area contributed by atoms with Gasteiger partial charge in [0.25, 0.3) is 27.5 Å². The first kappa shape index (κ1) is 49.3. The maximum absolute atomic E-state index is 14.5. The number of hydrogen-bond donors (Lipinski definition) is 4. The monoisotopic (exact) mass is 1020 g/mol. The van der Waals surface area contributed by atoms with Crippen LogP contribution in [-0.4, -0.2) is 114 Å². The number of fused-ring (bicyclic) bond motifs is 2. The quantitative estimate of drug-likeness (QED) is 0.0605. The molecule has 1 amide bonds. The Bertz CT molecular complexity index is 3010. The van der Waals surface area contributed by atoms with Gasteiger partial charge in [0.1, 0.15) is 24.6 Å². The number of H-pyrrole nitrogens is 1. The van der Waals surface area contributed by atoms with E-state index >= 15 is 0 Å². The van der Waals surface area contributed by atoms with Crippen molar-refractivity contribution in [2.75, 3.05) is 56.7 Å². The number of aromatic amines is 1. The van der Waals surface area contributed by atoms with Gasteiger partial charge in [0, 0.05) is 66.7 Å². The summed E-state index contributed by atoms with van der Waals surface area (Å²) in [6.07, 6.45) is 12.2. The number of nitrogens with one attached hydrogen (secondary N) is 3. The van der Waals surface area contributed by atoms with Crippen LogP contribution in [0.15, 0.2) is 77.8 Å². The number of aliphatic hydroxyl groups is 1. The molecule has 3 saturated heterocycles. The van der Waals surface area contributed by atoms with Crippen molar-refractivity contribution in [3.8, 4) is 23.1 Å². The fraction of sp³-hybridized carbons (Fsp3) is 0.527. The average molecular weight is 1020 g/mol. The molecule has 73 heavy (non-hydrogen) atoms. The Morgan fingerprint density at radius 3 is 2.49 bits per heavy atom.